The Morgan fingerprint density at radius 2 is 1.88 bits per heavy atom. The summed E-state index contributed by atoms with van der Waals surface area (Å²) in [4.78, 5) is 25.6. The molecular weight excluding hydrogens is 246 g/mol. The molecule has 0 amide bonds. The Kier molecular flexibility index (Phi) is 2.69. The van der Waals surface area contributed by atoms with Gasteiger partial charge < -0.3 is 10.2 Å². The molecule has 0 radical (unpaired) electrons. The number of hydrogen-bond donors (Lipinski definition) is 2. The van der Waals surface area contributed by atoms with Gasteiger partial charge in [0.05, 0.1) is 16.1 Å². The molecule has 0 saturated carbocycles. The molecule has 0 spiro atoms. The van der Waals surface area contributed by atoms with Gasteiger partial charge in [-0.25, -0.2) is 9.59 Å². The third-order valence-electron chi connectivity index (χ3n) is 2.26. The van der Waals surface area contributed by atoms with Crippen molar-refractivity contribution in [1.82, 2.24) is 4.98 Å². The number of hydrogen-bond acceptors (Lipinski definition) is 3. The second-order valence-corrected chi connectivity index (χ2v) is 3.74. The zero-order valence-corrected chi connectivity index (χ0v) is 9.10. The minimum atomic E-state index is -1.20. The van der Waals surface area contributed by atoms with Crippen molar-refractivity contribution in [3.63, 3.8) is 0 Å². The highest BCUT2D eigenvalue weighted by molar-refractivity contribution is 6.35. The quantitative estimate of drug-likeness (QED) is 0.855. The third kappa shape index (κ3) is 1.92. The van der Waals surface area contributed by atoms with E-state index >= 15 is 0 Å². The van der Waals surface area contributed by atoms with E-state index in [0.29, 0.717) is 5.39 Å². The second kappa shape index (κ2) is 4.03. The molecule has 0 aliphatic heterocycles. The van der Waals surface area contributed by atoms with E-state index in [0.717, 1.165) is 6.20 Å². The minimum absolute atomic E-state index is 0.00355. The number of aromatic carboxylic acids is 2. The van der Waals surface area contributed by atoms with Crippen LogP contribution in [0.15, 0.2) is 24.4 Å². The Bertz CT molecular complexity index is 639. The number of carbonyl (C=O) groups is 2. The molecule has 6 heteroatoms. The number of pyridine rings is 1. The Morgan fingerprint density at radius 1 is 1.18 bits per heavy atom. The number of carboxylic acids is 2. The number of nitrogens with zero attached hydrogens (tertiary/aromatic N) is 1. The molecule has 86 valence electrons. The second-order valence-electron chi connectivity index (χ2n) is 3.33. The Labute approximate surface area is 100 Å². The molecular formula is C11H6ClNO4. The summed E-state index contributed by atoms with van der Waals surface area (Å²) in [5, 5.41) is 18.3. The van der Waals surface area contributed by atoms with Crippen LogP contribution in [0.4, 0.5) is 0 Å². The lowest BCUT2D eigenvalue weighted by Gasteiger charge is -2.04. The minimum Gasteiger partial charge on any atom is -0.478 e. The first kappa shape index (κ1) is 11.3. The average Bonchev–Trinajstić information content (AvgIpc) is 2.27. The van der Waals surface area contributed by atoms with Crippen LogP contribution in [0.5, 0.6) is 0 Å². The van der Waals surface area contributed by atoms with Crippen LogP contribution in [0, 0.1) is 0 Å². The van der Waals surface area contributed by atoms with E-state index in [2.05, 4.69) is 4.98 Å². The molecule has 0 atom stereocenters. The predicted molar refractivity (Wildman–Crippen MR) is 60.7 cm³/mol. The molecule has 0 unspecified atom stereocenters. The first-order valence-corrected chi connectivity index (χ1v) is 4.93. The van der Waals surface area contributed by atoms with E-state index in [1.165, 1.54) is 18.2 Å². The van der Waals surface area contributed by atoms with Crippen LogP contribution in [-0.2, 0) is 0 Å². The maximum atomic E-state index is 11.0. The lowest BCUT2D eigenvalue weighted by Crippen LogP contribution is -2.02. The number of carboxylic acid groups (broad SMARTS) is 2. The van der Waals surface area contributed by atoms with Crippen molar-refractivity contribution in [2.75, 3.05) is 0 Å². The summed E-state index contributed by atoms with van der Waals surface area (Å²) < 4.78 is 0. The van der Waals surface area contributed by atoms with Gasteiger partial charge in [0.2, 0.25) is 0 Å². The summed E-state index contributed by atoms with van der Waals surface area (Å²) in [6, 6.07) is 4.29. The van der Waals surface area contributed by atoms with E-state index in [4.69, 9.17) is 21.8 Å². The topological polar surface area (TPSA) is 87.5 Å². The van der Waals surface area contributed by atoms with Crippen molar-refractivity contribution < 1.29 is 19.8 Å². The van der Waals surface area contributed by atoms with Crippen LogP contribution in [0.3, 0.4) is 0 Å². The van der Waals surface area contributed by atoms with Crippen molar-refractivity contribution in [3.05, 3.63) is 40.5 Å². The monoisotopic (exact) mass is 251 g/mol. The summed E-state index contributed by atoms with van der Waals surface area (Å²) in [6.07, 6.45) is 1.10. The average molecular weight is 252 g/mol. The fourth-order valence-electron chi connectivity index (χ4n) is 1.50. The molecule has 0 aliphatic carbocycles. The van der Waals surface area contributed by atoms with E-state index in [9.17, 15) is 9.59 Å². The molecule has 17 heavy (non-hydrogen) atoms. The summed E-state index contributed by atoms with van der Waals surface area (Å²) in [5.74, 6) is -2.32. The van der Waals surface area contributed by atoms with Gasteiger partial charge in [-0.3, -0.25) is 4.98 Å². The molecule has 1 heterocycles. The van der Waals surface area contributed by atoms with Gasteiger partial charge in [-0.15, -0.1) is 0 Å². The van der Waals surface area contributed by atoms with Gasteiger partial charge in [0.25, 0.3) is 0 Å². The van der Waals surface area contributed by atoms with Crippen molar-refractivity contribution >= 4 is 34.4 Å². The van der Waals surface area contributed by atoms with Crippen LogP contribution in [-0.4, -0.2) is 27.1 Å². The summed E-state index contributed by atoms with van der Waals surface area (Å²) in [5.41, 5.74) is 0.0484. The lowest BCUT2D eigenvalue weighted by atomic mass is 10.1. The molecule has 2 N–H and O–H groups in total. The first-order chi connectivity index (χ1) is 8.00. The number of rotatable bonds is 2. The highest BCUT2D eigenvalue weighted by Crippen LogP contribution is 2.25. The van der Waals surface area contributed by atoms with Gasteiger partial charge in [0.15, 0.2) is 0 Å². The number of benzene rings is 1. The van der Waals surface area contributed by atoms with Crippen molar-refractivity contribution in [2.45, 2.75) is 0 Å². The summed E-state index contributed by atoms with van der Waals surface area (Å²) in [6.45, 7) is 0. The molecule has 0 bridgehead atoms. The largest absolute Gasteiger partial charge is 0.478 e. The maximum Gasteiger partial charge on any atom is 0.339 e. The van der Waals surface area contributed by atoms with E-state index in [-0.39, 0.29) is 21.7 Å². The molecule has 0 aliphatic rings. The smallest absolute Gasteiger partial charge is 0.339 e. The number of halogens is 1. The predicted octanol–water partition coefficient (Wildman–Crippen LogP) is 2.28. The number of aromatic nitrogens is 1. The summed E-state index contributed by atoms with van der Waals surface area (Å²) >= 11 is 5.76. The molecule has 5 nitrogen and oxygen atoms in total. The van der Waals surface area contributed by atoms with Gasteiger partial charge in [0, 0.05) is 11.6 Å². The van der Waals surface area contributed by atoms with Crippen molar-refractivity contribution in [2.24, 2.45) is 0 Å². The fourth-order valence-corrected chi connectivity index (χ4v) is 1.73. The highest BCUT2D eigenvalue weighted by atomic mass is 35.5. The molecule has 1 aromatic heterocycles. The van der Waals surface area contributed by atoms with Crippen LogP contribution in [0.2, 0.25) is 5.02 Å². The Morgan fingerprint density at radius 3 is 2.47 bits per heavy atom. The molecule has 1 aromatic carbocycles. The van der Waals surface area contributed by atoms with Crippen LogP contribution in [0.1, 0.15) is 20.7 Å². The van der Waals surface area contributed by atoms with Gasteiger partial charge in [0.1, 0.15) is 5.56 Å². The Hall–Kier alpha value is -2.14. The van der Waals surface area contributed by atoms with Gasteiger partial charge >= 0.3 is 11.9 Å². The van der Waals surface area contributed by atoms with E-state index in [1.54, 1.807) is 0 Å². The Balaban J connectivity index is 2.79. The maximum absolute atomic E-state index is 11.0. The molecule has 0 saturated heterocycles. The number of fused-ring (bicyclic) bond motifs is 1. The van der Waals surface area contributed by atoms with E-state index < -0.39 is 11.9 Å². The van der Waals surface area contributed by atoms with Gasteiger partial charge in [-0.05, 0) is 12.1 Å². The zero-order valence-electron chi connectivity index (χ0n) is 8.35. The zero-order chi connectivity index (χ0) is 12.6. The lowest BCUT2D eigenvalue weighted by molar-refractivity contribution is 0.0688. The molecule has 2 aromatic rings. The standard InChI is InChI=1S/C11H6ClNO4/c12-7-2-1-5-3-6(10(14)15)4-13-9(5)8(7)11(16)17/h1-4H,(H,14,15)(H,16,17). The van der Waals surface area contributed by atoms with Crippen molar-refractivity contribution in [1.29, 1.82) is 0 Å². The molecule has 2 rings (SSSR count). The van der Waals surface area contributed by atoms with Crippen molar-refractivity contribution in [3.8, 4) is 0 Å². The SMILES string of the molecule is O=C(O)c1cnc2c(C(=O)O)c(Cl)ccc2c1. The van der Waals surface area contributed by atoms with Crippen LogP contribution >= 0.6 is 11.6 Å². The highest BCUT2D eigenvalue weighted by Gasteiger charge is 2.15. The normalized spacial score (nSPS) is 10.4. The van der Waals surface area contributed by atoms with E-state index in [1.807, 2.05) is 0 Å². The molecule has 0 fully saturated rings. The van der Waals surface area contributed by atoms with Gasteiger partial charge in [-0.2, -0.15) is 0 Å². The fraction of sp³-hybridized carbons (Fsp3) is 0. The van der Waals surface area contributed by atoms with Crippen LogP contribution < -0.4 is 0 Å². The summed E-state index contributed by atoms with van der Waals surface area (Å²) in [7, 11) is 0. The van der Waals surface area contributed by atoms with Gasteiger partial charge in [-0.1, -0.05) is 17.7 Å². The van der Waals surface area contributed by atoms with Crippen LogP contribution in [0.25, 0.3) is 10.9 Å². The third-order valence-corrected chi connectivity index (χ3v) is 2.58. The first-order valence-electron chi connectivity index (χ1n) is 4.55.